The summed E-state index contributed by atoms with van der Waals surface area (Å²) in [6, 6.07) is 12.8. The number of carbonyl (C=O) groups is 2. The van der Waals surface area contributed by atoms with E-state index in [1.807, 2.05) is 19.9 Å². The maximum absolute atomic E-state index is 13.7. The predicted molar refractivity (Wildman–Crippen MR) is 142 cm³/mol. The summed E-state index contributed by atoms with van der Waals surface area (Å²) in [5.74, 6) is -2.43. The van der Waals surface area contributed by atoms with Crippen LogP contribution in [0.2, 0.25) is 5.02 Å². The summed E-state index contributed by atoms with van der Waals surface area (Å²) >= 11 is 6.36. The average Bonchev–Trinajstić information content (AvgIpc) is 3.56. The van der Waals surface area contributed by atoms with Crippen LogP contribution in [0.25, 0.3) is 5.69 Å². The third-order valence-electron chi connectivity index (χ3n) is 5.70. The van der Waals surface area contributed by atoms with Gasteiger partial charge in [-0.2, -0.15) is 28.3 Å². The highest BCUT2D eigenvalue weighted by molar-refractivity contribution is 6.32. The summed E-state index contributed by atoms with van der Waals surface area (Å²) in [7, 11) is 0. The Labute approximate surface area is 236 Å². The molecule has 0 aliphatic heterocycles. The largest absolute Gasteiger partial charge is 0.455 e. The third-order valence-corrected chi connectivity index (χ3v) is 6.02. The molecule has 0 atom stereocenters. The number of aromatic nitrogens is 6. The molecule has 0 saturated carbocycles. The highest BCUT2D eigenvalue weighted by Crippen LogP contribution is 2.27. The van der Waals surface area contributed by atoms with Crippen molar-refractivity contribution < 1.29 is 22.8 Å². The molecule has 0 spiro atoms. The van der Waals surface area contributed by atoms with E-state index in [1.54, 1.807) is 31.2 Å². The Morgan fingerprint density at radius 1 is 1.12 bits per heavy atom. The van der Waals surface area contributed by atoms with Crippen LogP contribution in [-0.4, -0.2) is 48.3 Å². The fraction of sp³-hybridized carbons (Fsp3) is 0.269. The molecule has 2 amide bonds. The molecule has 0 saturated heterocycles. The monoisotopic (exact) mass is 585 g/mol. The summed E-state index contributed by atoms with van der Waals surface area (Å²) in [6.07, 6.45) is -4.78. The molecule has 2 aromatic carbocycles. The lowest BCUT2D eigenvalue weighted by Crippen LogP contribution is -2.29. The quantitative estimate of drug-likeness (QED) is 0.312. The summed E-state index contributed by atoms with van der Waals surface area (Å²) in [5, 5.41) is 29.3. The normalized spacial score (nSPS) is 11.4. The summed E-state index contributed by atoms with van der Waals surface area (Å²) in [5.41, 5.74) is 1.37. The Kier molecular flexibility index (Phi) is 8.39. The van der Waals surface area contributed by atoms with Gasteiger partial charge in [0, 0.05) is 6.54 Å². The van der Waals surface area contributed by atoms with Gasteiger partial charge in [0.15, 0.2) is 0 Å². The van der Waals surface area contributed by atoms with Crippen LogP contribution in [0.5, 0.6) is 0 Å². The number of benzene rings is 2. The fourth-order valence-electron chi connectivity index (χ4n) is 3.81. The van der Waals surface area contributed by atoms with E-state index in [2.05, 4.69) is 31.1 Å². The van der Waals surface area contributed by atoms with Crippen LogP contribution in [0.4, 0.5) is 18.9 Å². The maximum Gasteiger partial charge on any atom is 0.455 e. The number of nitrogens with one attached hydrogen (secondary N) is 2. The number of carbonyl (C=O) groups excluding carboxylic acids is 2. The van der Waals surface area contributed by atoms with Crippen molar-refractivity contribution in [1.82, 2.24) is 35.3 Å². The van der Waals surface area contributed by atoms with Crippen molar-refractivity contribution in [3.63, 3.8) is 0 Å². The molecule has 212 valence electrons. The topological polar surface area (TPSA) is 143 Å². The minimum atomic E-state index is -4.78. The highest BCUT2D eigenvalue weighted by Gasteiger charge is 2.37. The number of hydrogen-bond donors (Lipinski definition) is 2. The number of halogens is 4. The lowest BCUT2D eigenvalue weighted by atomic mass is 10.0. The third kappa shape index (κ3) is 6.69. The second-order valence-electron chi connectivity index (χ2n) is 9.41. The van der Waals surface area contributed by atoms with Gasteiger partial charge in [-0.15, -0.1) is 10.2 Å². The second kappa shape index (κ2) is 11.8. The molecule has 0 radical (unpaired) electrons. The minimum absolute atomic E-state index is 0.0402. The first-order chi connectivity index (χ1) is 19.4. The van der Waals surface area contributed by atoms with Gasteiger partial charge in [0.1, 0.15) is 12.2 Å². The van der Waals surface area contributed by atoms with Gasteiger partial charge in [-0.3, -0.25) is 9.59 Å². The van der Waals surface area contributed by atoms with Crippen LogP contribution in [0, 0.1) is 24.2 Å². The number of amides is 2. The Morgan fingerprint density at radius 3 is 2.49 bits per heavy atom. The number of hydrogen-bond acceptors (Lipinski definition) is 7. The molecule has 0 unspecified atom stereocenters. The standard InChI is InChI=1S/C26H23ClF3N9O2/c1-14(2)12-32-23(40)18-9-16(11-31)8-15(3)22(18)33-24(41)21-10-17(13-38-36-25(34-37-38)26(28,29)30)35-39(21)20-7-5-4-6-19(20)27/h4-10,14H,12-13H2,1-3H3,(H,32,40)(H,33,41). The zero-order chi connectivity index (χ0) is 29.9. The number of nitriles is 1. The van der Waals surface area contributed by atoms with Crippen LogP contribution in [0.3, 0.4) is 0 Å². The van der Waals surface area contributed by atoms with Crippen LogP contribution >= 0.6 is 11.6 Å². The molecule has 0 bridgehead atoms. The van der Waals surface area contributed by atoms with Crippen molar-refractivity contribution in [3.05, 3.63) is 81.4 Å². The van der Waals surface area contributed by atoms with Crippen molar-refractivity contribution in [1.29, 1.82) is 5.26 Å². The zero-order valence-corrected chi connectivity index (χ0v) is 22.7. The molecule has 0 aliphatic rings. The summed E-state index contributed by atoms with van der Waals surface area (Å²) < 4.78 is 40.0. The van der Waals surface area contributed by atoms with Crippen LogP contribution in [0.1, 0.15) is 57.3 Å². The molecule has 2 heterocycles. The SMILES string of the molecule is Cc1cc(C#N)cc(C(=O)NCC(C)C)c1NC(=O)c1cc(Cn2nnc(C(F)(F)F)n2)nn1-c1ccccc1Cl. The minimum Gasteiger partial charge on any atom is -0.352 e. The number of para-hydroxylation sites is 1. The van der Waals surface area contributed by atoms with Crippen molar-refractivity contribution in [3.8, 4) is 11.8 Å². The first kappa shape index (κ1) is 29.2. The van der Waals surface area contributed by atoms with Gasteiger partial charge in [0.05, 0.1) is 39.3 Å². The zero-order valence-electron chi connectivity index (χ0n) is 22.0. The van der Waals surface area contributed by atoms with Crippen molar-refractivity contribution in [2.24, 2.45) is 5.92 Å². The van der Waals surface area contributed by atoms with E-state index in [4.69, 9.17) is 11.6 Å². The number of nitrogens with zero attached hydrogens (tertiary/aromatic N) is 7. The van der Waals surface area contributed by atoms with E-state index >= 15 is 0 Å². The Balaban J connectivity index is 1.74. The lowest BCUT2D eigenvalue weighted by molar-refractivity contribution is -0.145. The lowest BCUT2D eigenvalue weighted by Gasteiger charge is -2.16. The van der Waals surface area contributed by atoms with Gasteiger partial charge in [0.2, 0.25) is 0 Å². The Morgan fingerprint density at radius 2 is 1.85 bits per heavy atom. The van der Waals surface area contributed by atoms with Gasteiger partial charge in [0.25, 0.3) is 17.6 Å². The first-order valence-electron chi connectivity index (χ1n) is 12.2. The van der Waals surface area contributed by atoms with Crippen LogP contribution < -0.4 is 10.6 Å². The summed E-state index contributed by atoms with van der Waals surface area (Å²) in [4.78, 5) is 27.4. The number of alkyl halides is 3. The molecule has 15 heteroatoms. The first-order valence-corrected chi connectivity index (χ1v) is 12.6. The molecule has 41 heavy (non-hydrogen) atoms. The second-order valence-corrected chi connectivity index (χ2v) is 9.82. The molecule has 2 aromatic heterocycles. The van der Waals surface area contributed by atoms with Gasteiger partial charge in [-0.25, -0.2) is 4.68 Å². The van der Waals surface area contributed by atoms with Crippen LogP contribution in [-0.2, 0) is 12.7 Å². The average molecular weight is 586 g/mol. The van der Waals surface area contributed by atoms with Crippen molar-refractivity contribution in [2.45, 2.75) is 33.5 Å². The van der Waals surface area contributed by atoms with E-state index in [9.17, 15) is 28.0 Å². The van der Waals surface area contributed by atoms with E-state index in [0.717, 1.165) is 0 Å². The molecule has 2 N–H and O–H groups in total. The molecule has 0 fully saturated rings. The number of tetrazole rings is 1. The molecular weight excluding hydrogens is 563 g/mol. The van der Waals surface area contributed by atoms with Gasteiger partial charge in [-0.1, -0.05) is 37.6 Å². The van der Waals surface area contributed by atoms with Gasteiger partial charge >= 0.3 is 6.18 Å². The van der Waals surface area contributed by atoms with E-state index in [0.29, 0.717) is 22.6 Å². The molecule has 11 nitrogen and oxygen atoms in total. The molecular formula is C26H23ClF3N9O2. The number of aryl methyl sites for hydroxylation is 1. The van der Waals surface area contributed by atoms with Crippen molar-refractivity contribution in [2.75, 3.05) is 11.9 Å². The molecule has 4 rings (SSSR count). The Hall–Kier alpha value is -4.77. The van der Waals surface area contributed by atoms with Crippen LogP contribution in [0.15, 0.2) is 42.5 Å². The number of rotatable bonds is 8. The summed E-state index contributed by atoms with van der Waals surface area (Å²) in [6.45, 7) is 5.52. The Bertz CT molecular complexity index is 1650. The predicted octanol–water partition coefficient (Wildman–Crippen LogP) is 4.40. The maximum atomic E-state index is 13.7. The van der Waals surface area contributed by atoms with Crippen molar-refractivity contribution >= 4 is 29.1 Å². The smallest absolute Gasteiger partial charge is 0.352 e. The van der Waals surface area contributed by atoms with Gasteiger partial charge < -0.3 is 10.6 Å². The molecule has 4 aromatic rings. The fourth-order valence-corrected chi connectivity index (χ4v) is 4.03. The van der Waals surface area contributed by atoms with E-state index < -0.39 is 23.8 Å². The highest BCUT2D eigenvalue weighted by atomic mass is 35.5. The van der Waals surface area contributed by atoms with E-state index in [1.165, 1.54) is 22.9 Å². The molecule has 0 aliphatic carbocycles. The van der Waals surface area contributed by atoms with E-state index in [-0.39, 0.29) is 45.7 Å². The number of anilines is 1. The van der Waals surface area contributed by atoms with Gasteiger partial charge in [-0.05, 0) is 54.0 Å².